The van der Waals surface area contributed by atoms with Crippen LogP contribution in [-0.2, 0) is 6.54 Å². The largest absolute Gasteiger partial charge is 0.386 e. The zero-order valence-corrected chi connectivity index (χ0v) is 11.2. The Labute approximate surface area is 110 Å². The van der Waals surface area contributed by atoms with Gasteiger partial charge < -0.3 is 10.2 Å². The summed E-state index contributed by atoms with van der Waals surface area (Å²) in [6.45, 7) is 0.619. The van der Waals surface area contributed by atoms with Crippen molar-refractivity contribution < 1.29 is 4.79 Å². The van der Waals surface area contributed by atoms with Crippen LogP contribution in [0.1, 0.15) is 15.9 Å². The second kappa shape index (κ2) is 5.64. The Hall–Kier alpha value is -1.88. The molecule has 0 saturated carbocycles. The summed E-state index contributed by atoms with van der Waals surface area (Å²) in [7, 11) is 3.59. The maximum atomic E-state index is 12.3. The Bertz CT molecular complexity index is 525. The lowest BCUT2D eigenvalue weighted by Gasteiger charge is -2.18. The summed E-state index contributed by atoms with van der Waals surface area (Å²) in [6, 6.07) is 3.76. The van der Waals surface area contributed by atoms with Gasteiger partial charge in [-0.15, -0.1) is 0 Å². The van der Waals surface area contributed by atoms with Gasteiger partial charge in [0.05, 0.1) is 17.4 Å². The molecule has 5 heteroatoms. The molecule has 4 nitrogen and oxygen atoms in total. The van der Waals surface area contributed by atoms with Crippen molar-refractivity contribution >= 4 is 22.9 Å². The second-order valence-corrected chi connectivity index (χ2v) is 4.74. The van der Waals surface area contributed by atoms with Gasteiger partial charge in [-0.1, -0.05) is 0 Å². The van der Waals surface area contributed by atoms with E-state index in [2.05, 4.69) is 15.7 Å². The molecule has 0 saturated heterocycles. The fourth-order valence-corrected chi connectivity index (χ4v) is 2.37. The summed E-state index contributed by atoms with van der Waals surface area (Å²) >= 11 is 1.64. The first kappa shape index (κ1) is 12.6. The first-order valence-electron chi connectivity index (χ1n) is 5.60. The molecule has 0 aliphatic rings. The van der Waals surface area contributed by atoms with Crippen molar-refractivity contribution in [2.24, 2.45) is 0 Å². The van der Waals surface area contributed by atoms with Gasteiger partial charge in [0.1, 0.15) is 0 Å². The highest BCUT2D eigenvalue weighted by atomic mass is 32.1. The minimum atomic E-state index is -0.00653. The average molecular weight is 261 g/mol. The highest BCUT2D eigenvalue weighted by molar-refractivity contribution is 7.07. The van der Waals surface area contributed by atoms with E-state index in [-0.39, 0.29) is 5.91 Å². The SMILES string of the molecule is CNc1cnccc1C(=O)N(C)Cc1ccsc1. The Kier molecular flexibility index (Phi) is 3.94. The summed E-state index contributed by atoms with van der Waals surface area (Å²) in [6.07, 6.45) is 3.29. The van der Waals surface area contributed by atoms with Gasteiger partial charge in [-0.3, -0.25) is 9.78 Å². The topological polar surface area (TPSA) is 45.2 Å². The molecule has 0 aromatic carbocycles. The van der Waals surface area contributed by atoms with Crippen LogP contribution in [-0.4, -0.2) is 29.9 Å². The lowest BCUT2D eigenvalue weighted by molar-refractivity contribution is 0.0786. The molecular formula is C13H15N3OS. The van der Waals surface area contributed by atoms with Crippen LogP contribution in [0.25, 0.3) is 0 Å². The number of nitrogens with one attached hydrogen (secondary N) is 1. The molecule has 0 atom stereocenters. The van der Waals surface area contributed by atoms with Crippen molar-refractivity contribution in [2.75, 3.05) is 19.4 Å². The number of carbonyl (C=O) groups excluding carboxylic acids is 1. The summed E-state index contributed by atoms with van der Waals surface area (Å²) < 4.78 is 0. The van der Waals surface area contributed by atoms with Crippen LogP contribution >= 0.6 is 11.3 Å². The Morgan fingerprint density at radius 3 is 3.00 bits per heavy atom. The minimum Gasteiger partial charge on any atom is -0.386 e. The molecule has 0 fully saturated rings. The molecule has 0 unspecified atom stereocenters. The van der Waals surface area contributed by atoms with Crippen LogP contribution < -0.4 is 5.32 Å². The van der Waals surface area contributed by atoms with Gasteiger partial charge in [0.2, 0.25) is 0 Å². The quantitative estimate of drug-likeness (QED) is 0.919. The van der Waals surface area contributed by atoms with Crippen LogP contribution in [0, 0.1) is 0 Å². The van der Waals surface area contributed by atoms with E-state index in [1.54, 1.807) is 48.8 Å². The Morgan fingerprint density at radius 2 is 2.33 bits per heavy atom. The zero-order valence-electron chi connectivity index (χ0n) is 10.4. The third-order valence-corrected chi connectivity index (χ3v) is 3.40. The monoisotopic (exact) mass is 261 g/mol. The molecule has 0 radical (unpaired) electrons. The lowest BCUT2D eigenvalue weighted by Crippen LogP contribution is -2.26. The summed E-state index contributed by atoms with van der Waals surface area (Å²) in [5, 5.41) is 7.05. The van der Waals surface area contributed by atoms with Crippen molar-refractivity contribution in [2.45, 2.75) is 6.54 Å². The summed E-state index contributed by atoms with van der Waals surface area (Å²) in [4.78, 5) is 18.0. The molecule has 0 aliphatic heterocycles. The number of hydrogen-bond acceptors (Lipinski definition) is 4. The lowest BCUT2D eigenvalue weighted by atomic mass is 10.2. The molecule has 1 amide bonds. The first-order chi connectivity index (χ1) is 8.72. The number of amides is 1. The fourth-order valence-electron chi connectivity index (χ4n) is 1.71. The predicted molar refractivity (Wildman–Crippen MR) is 73.9 cm³/mol. The van der Waals surface area contributed by atoms with Crippen LogP contribution in [0.15, 0.2) is 35.3 Å². The minimum absolute atomic E-state index is 0.00653. The Morgan fingerprint density at radius 1 is 1.50 bits per heavy atom. The second-order valence-electron chi connectivity index (χ2n) is 3.96. The number of carbonyl (C=O) groups is 1. The maximum absolute atomic E-state index is 12.3. The normalized spacial score (nSPS) is 10.1. The summed E-state index contributed by atoms with van der Waals surface area (Å²) in [5.41, 5.74) is 2.54. The van der Waals surface area contributed by atoms with E-state index in [9.17, 15) is 4.79 Å². The predicted octanol–water partition coefficient (Wildman–Crippen LogP) is 2.46. The van der Waals surface area contributed by atoms with Gasteiger partial charge >= 0.3 is 0 Å². The van der Waals surface area contributed by atoms with Crippen molar-refractivity contribution in [1.82, 2.24) is 9.88 Å². The average Bonchev–Trinajstić information content (AvgIpc) is 2.90. The van der Waals surface area contributed by atoms with E-state index < -0.39 is 0 Å². The van der Waals surface area contributed by atoms with Crippen molar-refractivity contribution in [3.63, 3.8) is 0 Å². The standard InChI is InChI=1S/C13H15N3OS/c1-14-12-7-15-5-3-11(12)13(17)16(2)8-10-4-6-18-9-10/h3-7,9,14H,8H2,1-2H3. The molecule has 18 heavy (non-hydrogen) atoms. The number of aromatic nitrogens is 1. The highest BCUT2D eigenvalue weighted by Gasteiger charge is 2.15. The highest BCUT2D eigenvalue weighted by Crippen LogP contribution is 2.16. The molecule has 2 heterocycles. The third-order valence-electron chi connectivity index (χ3n) is 2.67. The Balaban J connectivity index is 2.15. The van der Waals surface area contributed by atoms with Gasteiger partial charge in [0.25, 0.3) is 5.91 Å². The molecular weight excluding hydrogens is 246 g/mol. The molecule has 1 N–H and O–H groups in total. The molecule has 2 rings (SSSR count). The van der Waals surface area contributed by atoms with E-state index in [0.717, 1.165) is 11.3 Å². The molecule has 0 bridgehead atoms. The van der Waals surface area contributed by atoms with E-state index >= 15 is 0 Å². The first-order valence-corrected chi connectivity index (χ1v) is 6.55. The van der Waals surface area contributed by atoms with E-state index in [1.807, 2.05) is 11.4 Å². The molecule has 2 aromatic rings. The number of anilines is 1. The zero-order chi connectivity index (χ0) is 13.0. The van der Waals surface area contributed by atoms with Crippen molar-refractivity contribution in [1.29, 1.82) is 0 Å². The number of nitrogens with zero attached hydrogens (tertiary/aromatic N) is 2. The van der Waals surface area contributed by atoms with Gasteiger partial charge in [-0.2, -0.15) is 11.3 Å². The molecule has 0 aliphatic carbocycles. The number of thiophene rings is 1. The third kappa shape index (κ3) is 2.68. The summed E-state index contributed by atoms with van der Waals surface area (Å²) in [5.74, 6) is -0.00653. The molecule has 0 spiro atoms. The van der Waals surface area contributed by atoms with E-state index in [0.29, 0.717) is 12.1 Å². The van der Waals surface area contributed by atoms with Crippen molar-refractivity contribution in [3.05, 3.63) is 46.4 Å². The van der Waals surface area contributed by atoms with E-state index in [4.69, 9.17) is 0 Å². The smallest absolute Gasteiger partial charge is 0.256 e. The van der Waals surface area contributed by atoms with Crippen LogP contribution in [0.5, 0.6) is 0 Å². The number of hydrogen-bond donors (Lipinski definition) is 1. The van der Waals surface area contributed by atoms with Gasteiger partial charge in [0.15, 0.2) is 0 Å². The number of rotatable bonds is 4. The van der Waals surface area contributed by atoms with Crippen LogP contribution in [0.4, 0.5) is 5.69 Å². The number of pyridine rings is 1. The fraction of sp³-hybridized carbons (Fsp3) is 0.231. The van der Waals surface area contributed by atoms with Gasteiger partial charge in [-0.25, -0.2) is 0 Å². The van der Waals surface area contributed by atoms with Gasteiger partial charge in [-0.05, 0) is 28.5 Å². The van der Waals surface area contributed by atoms with Crippen LogP contribution in [0.2, 0.25) is 0 Å². The molecule has 94 valence electrons. The maximum Gasteiger partial charge on any atom is 0.256 e. The van der Waals surface area contributed by atoms with Crippen molar-refractivity contribution in [3.8, 4) is 0 Å². The van der Waals surface area contributed by atoms with E-state index in [1.165, 1.54) is 0 Å². The van der Waals surface area contributed by atoms with Gasteiger partial charge in [0, 0.05) is 26.8 Å². The molecule has 2 aromatic heterocycles. The van der Waals surface area contributed by atoms with Crippen LogP contribution in [0.3, 0.4) is 0 Å².